The Kier molecular flexibility index (Phi) is 33.7. The van der Waals surface area contributed by atoms with Gasteiger partial charge in [0.2, 0.25) is 0 Å². The third-order valence-electron chi connectivity index (χ3n) is 5.68. The van der Waals surface area contributed by atoms with Crippen molar-refractivity contribution in [3.8, 4) is 0 Å². The molecule has 0 fully saturated rings. The molecule has 15 nitrogen and oxygen atoms in total. The van der Waals surface area contributed by atoms with Gasteiger partial charge < -0.3 is 42.6 Å². The van der Waals surface area contributed by atoms with Crippen LogP contribution in [-0.2, 0) is 71.4 Å². The Balaban J connectivity index is -0.000000905. The fourth-order valence-electron chi connectivity index (χ4n) is 2.85. The Morgan fingerprint density at radius 1 is 0.520 bits per heavy atom. The van der Waals surface area contributed by atoms with Crippen LogP contribution in [0.1, 0.15) is 26.7 Å². The van der Waals surface area contributed by atoms with Crippen molar-refractivity contribution in [2.24, 2.45) is 5.41 Å². The highest BCUT2D eigenvalue weighted by Crippen LogP contribution is 2.24. The summed E-state index contributed by atoms with van der Waals surface area (Å²) < 4.78 is 45.2. The first-order chi connectivity index (χ1) is 23.8. The molecule has 0 aromatic carbocycles. The van der Waals surface area contributed by atoms with Gasteiger partial charge in [0.05, 0.1) is 53.4 Å². The van der Waals surface area contributed by atoms with Crippen molar-refractivity contribution in [1.29, 1.82) is 0 Å². The highest BCUT2D eigenvalue weighted by atomic mass is 16.6. The van der Waals surface area contributed by atoms with Gasteiger partial charge in [0, 0.05) is 48.3 Å². The Bertz CT molecular complexity index is 1010. The molecule has 282 valence electrons. The number of methoxy groups -OCH3 is 1. The van der Waals surface area contributed by atoms with Gasteiger partial charge in [0.1, 0.15) is 25.9 Å². The predicted molar refractivity (Wildman–Crippen MR) is 182 cm³/mol. The summed E-state index contributed by atoms with van der Waals surface area (Å²) in [5.74, 6) is -2.91. The summed E-state index contributed by atoms with van der Waals surface area (Å²) in [4.78, 5) is 64.3. The lowest BCUT2D eigenvalue weighted by Crippen LogP contribution is -2.38. The summed E-state index contributed by atoms with van der Waals surface area (Å²) in [5.41, 5.74) is -0.493. The maximum Gasteiger partial charge on any atom is 0.330 e. The van der Waals surface area contributed by atoms with Crippen LogP contribution in [0.15, 0.2) is 75.9 Å². The van der Waals surface area contributed by atoms with Crippen LogP contribution >= 0.6 is 0 Å². The molecule has 0 spiro atoms. The molecule has 0 radical (unpaired) electrons. The topological polar surface area (TPSA) is 185 Å². The lowest BCUT2D eigenvalue weighted by atomic mass is 9.88. The molecule has 0 bridgehead atoms. The second-order valence-electron chi connectivity index (χ2n) is 9.47. The van der Waals surface area contributed by atoms with Crippen molar-refractivity contribution < 1.29 is 71.4 Å². The molecule has 0 amide bonds. The van der Waals surface area contributed by atoms with Gasteiger partial charge in [0.15, 0.2) is 0 Å². The number of rotatable bonds is 26. The normalized spacial score (nSPS) is 10.4. The van der Waals surface area contributed by atoms with E-state index in [0.29, 0.717) is 12.8 Å². The lowest BCUT2D eigenvalue weighted by Gasteiger charge is -2.32. The first-order valence-electron chi connectivity index (χ1n) is 15.3. The molecule has 0 aliphatic rings. The first-order valence-corrected chi connectivity index (χ1v) is 15.3. The zero-order chi connectivity index (χ0) is 38.6. The molecular weight excluding hydrogens is 660 g/mol. The smallest absolute Gasteiger partial charge is 0.330 e. The fraction of sp³-hybridized carbons (Fsp3) is 0.486. The fourth-order valence-corrected chi connectivity index (χ4v) is 2.85. The van der Waals surface area contributed by atoms with Crippen LogP contribution < -0.4 is 0 Å². The van der Waals surface area contributed by atoms with Gasteiger partial charge in [-0.2, -0.15) is 0 Å². The second kappa shape index (κ2) is 34.0. The molecule has 0 aromatic heterocycles. The van der Waals surface area contributed by atoms with E-state index in [0.717, 1.165) is 36.5 Å². The average molecular weight is 713 g/mol. The minimum absolute atomic E-state index is 0.0986. The van der Waals surface area contributed by atoms with Crippen LogP contribution in [0.3, 0.4) is 0 Å². The molecule has 1 atom stereocenters. The van der Waals surface area contributed by atoms with Gasteiger partial charge in [-0.3, -0.25) is 0 Å². The number of carbonyl (C=O) groups excluding carboxylic acids is 6. The average Bonchev–Trinajstić information content (AvgIpc) is 3.13. The summed E-state index contributed by atoms with van der Waals surface area (Å²) in [7, 11) is 1.31. The Morgan fingerprint density at radius 2 is 0.840 bits per heavy atom. The van der Waals surface area contributed by atoms with E-state index >= 15 is 0 Å². The lowest BCUT2D eigenvalue weighted by molar-refractivity contribution is -0.145. The molecule has 0 aliphatic heterocycles. The predicted octanol–water partition coefficient (Wildman–Crippen LogP) is 3.19. The number of esters is 6. The Morgan fingerprint density at radius 3 is 1.10 bits per heavy atom. The number of ether oxygens (including phenoxy) is 9. The van der Waals surface area contributed by atoms with Crippen molar-refractivity contribution in [1.82, 2.24) is 0 Å². The second-order valence-corrected chi connectivity index (χ2v) is 9.47. The van der Waals surface area contributed by atoms with Crippen LogP contribution in [-0.4, -0.2) is 115 Å². The van der Waals surface area contributed by atoms with Crippen LogP contribution in [0, 0.1) is 5.41 Å². The standard InChI is InChI=1S/C21H32O9.C10H14O4.C4H6O2/c1-5-18(22)28-12-9-25-15-21(8-4,16-26-10-13-29-19(23)6-2)17-27-11-14-30-20(24)7-3;1-4-9(11)13-7-6-8(3)14-10(12)5-2;1-3-4(5)6-2/h5-7H,1-3,8-17H2,4H3;4-5,8H,1-2,6-7H2,3H3;3H,1H2,2H3. The van der Waals surface area contributed by atoms with Gasteiger partial charge in [-0.1, -0.05) is 46.4 Å². The van der Waals surface area contributed by atoms with Crippen molar-refractivity contribution in [3.63, 3.8) is 0 Å². The van der Waals surface area contributed by atoms with Gasteiger partial charge in [-0.25, -0.2) is 28.8 Å². The summed E-state index contributed by atoms with van der Waals surface area (Å²) in [6, 6.07) is 0. The van der Waals surface area contributed by atoms with Gasteiger partial charge in [-0.15, -0.1) is 0 Å². The van der Waals surface area contributed by atoms with E-state index in [9.17, 15) is 28.8 Å². The van der Waals surface area contributed by atoms with Gasteiger partial charge in [0.25, 0.3) is 0 Å². The van der Waals surface area contributed by atoms with Crippen molar-refractivity contribution in [3.05, 3.63) is 75.9 Å². The van der Waals surface area contributed by atoms with E-state index in [-0.39, 0.29) is 72.2 Å². The Hall–Kier alpha value is -4.86. The van der Waals surface area contributed by atoms with Crippen molar-refractivity contribution in [2.45, 2.75) is 32.8 Å². The van der Waals surface area contributed by atoms with Crippen molar-refractivity contribution in [2.75, 3.05) is 73.2 Å². The summed E-state index contributed by atoms with van der Waals surface area (Å²) in [6.07, 6.45) is 7.35. The van der Waals surface area contributed by atoms with Crippen LogP contribution in [0.2, 0.25) is 0 Å². The molecule has 0 saturated carbocycles. The highest BCUT2D eigenvalue weighted by Gasteiger charge is 2.30. The zero-order valence-corrected chi connectivity index (χ0v) is 29.4. The molecule has 0 rings (SSSR count). The quantitative estimate of drug-likeness (QED) is 0.0551. The van der Waals surface area contributed by atoms with Crippen LogP contribution in [0.5, 0.6) is 0 Å². The van der Waals surface area contributed by atoms with Crippen LogP contribution in [0.4, 0.5) is 0 Å². The molecule has 0 saturated heterocycles. The number of hydrogen-bond donors (Lipinski definition) is 0. The first kappa shape index (κ1) is 49.5. The van der Waals surface area contributed by atoms with E-state index in [1.54, 1.807) is 6.92 Å². The monoisotopic (exact) mass is 712 g/mol. The molecule has 50 heavy (non-hydrogen) atoms. The number of carbonyl (C=O) groups is 6. The third kappa shape index (κ3) is 31.7. The summed E-state index contributed by atoms with van der Waals surface area (Å²) in [5, 5.41) is 0. The largest absolute Gasteiger partial charge is 0.466 e. The molecule has 15 heteroatoms. The van der Waals surface area contributed by atoms with E-state index in [4.69, 9.17) is 37.9 Å². The zero-order valence-electron chi connectivity index (χ0n) is 29.4. The maximum absolute atomic E-state index is 11.1. The summed E-state index contributed by atoms with van der Waals surface area (Å²) >= 11 is 0. The minimum Gasteiger partial charge on any atom is -0.466 e. The van der Waals surface area contributed by atoms with E-state index < -0.39 is 41.2 Å². The van der Waals surface area contributed by atoms with E-state index in [1.807, 2.05) is 6.92 Å². The number of hydrogen-bond acceptors (Lipinski definition) is 15. The molecule has 0 N–H and O–H groups in total. The van der Waals surface area contributed by atoms with E-state index in [1.165, 1.54) is 7.11 Å². The van der Waals surface area contributed by atoms with Gasteiger partial charge >= 0.3 is 35.8 Å². The SMILES string of the molecule is C=CC(=O)OC.C=CC(=O)OCCC(C)OC(=O)C=C.C=CC(=O)OCCOCC(CC)(COCCOC(=O)C=C)COCCOC(=O)C=C. The minimum atomic E-state index is -0.518. The van der Waals surface area contributed by atoms with Gasteiger partial charge in [-0.05, 0) is 13.3 Å². The Labute approximate surface area is 294 Å². The van der Waals surface area contributed by atoms with Crippen LogP contribution in [0.25, 0.3) is 0 Å². The summed E-state index contributed by atoms with van der Waals surface area (Å²) in [6.45, 7) is 25.3. The highest BCUT2D eigenvalue weighted by molar-refractivity contribution is 5.82. The molecule has 0 aliphatic carbocycles. The molecule has 0 heterocycles. The molecular formula is C35H52O15. The van der Waals surface area contributed by atoms with E-state index in [2.05, 4.69) is 44.2 Å². The van der Waals surface area contributed by atoms with Crippen molar-refractivity contribution >= 4 is 35.8 Å². The maximum atomic E-state index is 11.1. The molecule has 0 aromatic rings. The molecule has 1 unspecified atom stereocenters. The third-order valence-corrected chi connectivity index (χ3v) is 5.68.